The molecule has 0 saturated carbocycles. The van der Waals surface area contributed by atoms with Gasteiger partial charge in [0.05, 0.1) is 13.2 Å². The van der Waals surface area contributed by atoms with Crippen molar-refractivity contribution in [2.24, 2.45) is 0 Å². The van der Waals surface area contributed by atoms with Crippen LogP contribution >= 0.6 is 11.6 Å². The number of aryl methyl sites for hydroxylation is 1. The highest BCUT2D eigenvalue weighted by molar-refractivity contribution is 6.31. The van der Waals surface area contributed by atoms with E-state index in [4.69, 9.17) is 25.5 Å². The Morgan fingerprint density at radius 3 is 2.61 bits per heavy atom. The fraction of sp³-hybridized carbons (Fsp3) is 0.471. The predicted octanol–water partition coefficient (Wildman–Crippen LogP) is 3.37. The van der Waals surface area contributed by atoms with Gasteiger partial charge in [-0.25, -0.2) is 0 Å². The summed E-state index contributed by atoms with van der Waals surface area (Å²) in [6.45, 7) is 4.38. The molecular formula is C17H18ClNO4. The normalized spacial score (nSPS) is 20.5. The highest BCUT2D eigenvalue weighted by Gasteiger charge is 2.41. The minimum absolute atomic E-state index is 0.0809. The summed E-state index contributed by atoms with van der Waals surface area (Å²) in [5, 5.41) is 1.52. The second-order valence-corrected chi connectivity index (χ2v) is 6.53. The van der Waals surface area contributed by atoms with Crippen molar-refractivity contribution in [2.75, 3.05) is 26.3 Å². The average molecular weight is 336 g/mol. The van der Waals surface area contributed by atoms with Gasteiger partial charge in [-0.2, -0.15) is 0 Å². The molecule has 23 heavy (non-hydrogen) atoms. The summed E-state index contributed by atoms with van der Waals surface area (Å²) in [5.74, 6) is -0.165. The molecule has 3 heterocycles. The van der Waals surface area contributed by atoms with Gasteiger partial charge in [-0.15, -0.1) is 0 Å². The van der Waals surface area contributed by atoms with E-state index < -0.39 is 5.79 Å². The van der Waals surface area contributed by atoms with Crippen LogP contribution in [0.15, 0.2) is 22.6 Å². The molecule has 4 rings (SSSR count). The molecule has 6 heteroatoms. The lowest BCUT2D eigenvalue weighted by Gasteiger charge is -2.37. The molecule has 2 aliphatic rings. The van der Waals surface area contributed by atoms with E-state index in [0.29, 0.717) is 55.5 Å². The van der Waals surface area contributed by atoms with E-state index in [0.717, 1.165) is 10.9 Å². The van der Waals surface area contributed by atoms with Crippen molar-refractivity contribution in [2.45, 2.75) is 25.6 Å². The summed E-state index contributed by atoms with van der Waals surface area (Å²) in [6, 6.07) is 5.39. The van der Waals surface area contributed by atoms with Crippen LogP contribution in [0, 0.1) is 6.92 Å². The summed E-state index contributed by atoms with van der Waals surface area (Å²) >= 11 is 6.03. The van der Waals surface area contributed by atoms with E-state index in [9.17, 15) is 4.79 Å². The Morgan fingerprint density at radius 2 is 1.91 bits per heavy atom. The average Bonchev–Trinajstić information content (AvgIpc) is 3.13. The van der Waals surface area contributed by atoms with Crippen LogP contribution in [0.25, 0.3) is 11.0 Å². The molecule has 0 N–H and O–H groups in total. The van der Waals surface area contributed by atoms with Crippen LogP contribution in [0.1, 0.15) is 29.0 Å². The zero-order chi connectivity index (χ0) is 16.0. The SMILES string of the molecule is Cc1c(C(=O)N2CCC3(CC2)OCCO3)oc2ccc(Cl)cc12. The summed E-state index contributed by atoms with van der Waals surface area (Å²) in [6.07, 6.45) is 1.40. The van der Waals surface area contributed by atoms with Gasteiger partial charge in [0.25, 0.3) is 5.91 Å². The quantitative estimate of drug-likeness (QED) is 0.801. The first-order valence-corrected chi connectivity index (χ1v) is 8.22. The minimum Gasteiger partial charge on any atom is -0.451 e. The largest absolute Gasteiger partial charge is 0.451 e. The fourth-order valence-electron chi connectivity index (χ4n) is 3.38. The van der Waals surface area contributed by atoms with Crippen molar-refractivity contribution < 1.29 is 18.7 Å². The Balaban J connectivity index is 1.56. The smallest absolute Gasteiger partial charge is 0.289 e. The molecule has 2 saturated heterocycles. The van der Waals surface area contributed by atoms with E-state index in [1.807, 2.05) is 17.9 Å². The maximum Gasteiger partial charge on any atom is 0.289 e. The van der Waals surface area contributed by atoms with Crippen LogP contribution in [0.3, 0.4) is 0 Å². The van der Waals surface area contributed by atoms with Gasteiger partial charge in [0.1, 0.15) is 5.58 Å². The number of likely N-dealkylation sites (tertiary alicyclic amines) is 1. The topological polar surface area (TPSA) is 51.9 Å². The third-order valence-electron chi connectivity index (χ3n) is 4.72. The zero-order valence-electron chi connectivity index (χ0n) is 12.9. The Bertz CT molecular complexity index is 753. The molecule has 5 nitrogen and oxygen atoms in total. The number of ether oxygens (including phenoxy) is 2. The Kier molecular flexibility index (Phi) is 3.59. The second-order valence-electron chi connectivity index (χ2n) is 6.10. The number of carbonyl (C=O) groups is 1. The molecule has 0 bridgehead atoms. The molecule has 2 fully saturated rings. The van der Waals surface area contributed by atoms with Crippen molar-refractivity contribution in [3.8, 4) is 0 Å². The standard InChI is InChI=1S/C17H18ClNO4/c1-11-13-10-12(18)2-3-14(13)23-15(11)16(20)19-6-4-17(5-7-19)21-8-9-22-17/h2-3,10H,4-9H2,1H3. The van der Waals surface area contributed by atoms with Gasteiger partial charge in [-0.05, 0) is 25.1 Å². The number of rotatable bonds is 1. The van der Waals surface area contributed by atoms with Gasteiger partial charge in [0.15, 0.2) is 11.5 Å². The lowest BCUT2D eigenvalue weighted by atomic mass is 10.0. The van der Waals surface area contributed by atoms with Crippen LogP contribution in [-0.4, -0.2) is 42.9 Å². The molecule has 0 aliphatic carbocycles. The molecule has 1 aromatic heterocycles. The first kappa shape index (κ1) is 15.0. The molecule has 0 atom stereocenters. The lowest BCUT2D eigenvalue weighted by molar-refractivity contribution is -0.181. The third kappa shape index (κ3) is 2.53. The van der Waals surface area contributed by atoms with Crippen LogP contribution in [0.2, 0.25) is 5.02 Å². The first-order valence-electron chi connectivity index (χ1n) is 7.84. The molecule has 1 aromatic carbocycles. The highest BCUT2D eigenvalue weighted by Crippen LogP contribution is 2.33. The number of amides is 1. The van der Waals surface area contributed by atoms with E-state index >= 15 is 0 Å². The van der Waals surface area contributed by atoms with Gasteiger partial charge in [-0.3, -0.25) is 4.79 Å². The Labute approximate surface area is 139 Å². The number of hydrogen-bond donors (Lipinski definition) is 0. The number of fused-ring (bicyclic) bond motifs is 1. The van der Waals surface area contributed by atoms with Gasteiger partial charge in [0, 0.05) is 41.9 Å². The maximum atomic E-state index is 12.8. The number of benzene rings is 1. The van der Waals surface area contributed by atoms with Crippen LogP contribution < -0.4 is 0 Å². The number of furan rings is 1. The van der Waals surface area contributed by atoms with Gasteiger partial charge in [0.2, 0.25) is 0 Å². The Hall–Kier alpha value is -1.56. The molecule has 0 unspecified atom stereocenters. The van der Waals surface area contributed by atoms with E-state index in [1.165, 1.54) is 0 Å². The molecule has 1 spiro atoms. The maximum absolute atomic E-state index is 12.8. The summed E-state index contributed by atoms with van der Waals surface area (Å²) in [4.78, 5) is 14.6. The predicted molar refractivity (Wildman–Crippen MR) is 85.7 cm³/mol. The molecular weight excluding hydrogens is 318 g/mol. The first-order chi connectivity index (χ1) is 11.1. The highest BCUT2D eigenvalue weighted by atomic mass is 35.5. The van der Waals surface area contributed by atoms with E-state index in [1.54, 1.807) is 12.1 Å². The molecule has 2 aliphatic heterocycles. The zero-order valence-corrected chi connectivity index (χ0v) is 13.7. The molecule has 2 aromatic rings. The summed E-state index contributed by atoms with van der Waals surface area (Å²) in [5.41, 5.74) is 1.52. The van der Waals surface area contributed by atoms with E-state index in [-0.39, 0.29) is 5.91 Å². The lowest BCUT2D eigenvalue weighted by Crippen LogP contribution is -2.47. The van der Waals surface area contributed by atoms with Crippen molar-refractivity contribution in [3.05, 3.63) is 34.5 Å². The van der Waals surface area contributed by atoms with E-state index in [2.05, 4.69) is 0 Å². The van der Waals surface area contributed by atoms with Crippen molar-refractivity contribution in [1.82, 2.24) is 4.90 Å². The molecule has 122 valence electrons. The fourth-order valence-corrected chi connectivity index (χ4v) is 3.55. The number of piperidine rings is 1. The number of carbonyl (C=O) groups excluding carboxylic acids is 1. The van der Waals surface area contributed by atoms with Crippen molar-refractivity contribution >= 4 is 28.5 Å². The van der Waals surface area contributed by atoms with Gasteiger partial charge < -0.3 is 18.8 Å². The monoisotopic (exact) mass is 335 g/mol. The second kappa shape index (κ2) is 5.51. The van der Waals surface area contributed by atoms with Gasteiger partial charge in [-0.1, -0.05) is 11.6 Å². The van der Waals surface area contributed by atoms with Crippen molar-refractivity contribution in [1.29, 1.82) is 0 Å². The third-order valence-corrected chi connectivity index (χ3v) is 4.95. The molecule has 0 radical (unpaired) electrons. The number of halogens is 1. The van der Waals surface area contributed by atoms with Crippen molar-refractivity contribution in [3.63, 3.8) is 0 Å². The van der Waals surface area contributed by atoms with Gasteiger partial charge >= 0.3 is 0 Å². The van der Waals surface area contributed by atoms with Crippen LogP contribution in [-0.2, 0) is 9.47 Å². The van der Waals surface area contributed by atoms with Crippen LogP contribution in [0.5, 0.6) is 0 Å². The van der Waals surface area contributed by atoms with Crippen LogP contribution in [0.4, 0.5) is 0 Å². The summed E-state index contributed by atoms with van der Waals surface area (Å²) in [7, 11) is 0. The number of nitrogens with zero attached hydrogens (tertiary/aromatic N) is 1. The minimum atomic E-state index is -0.479. The Morgan fingerprint density at radius 1 is 1.22 bits per heavy atom. The molecule has 1 amide bonds. The summed E-state index contributed by atoms with van der Waals surface area (Å²) < 4.78 is 17.2. The number of hydrogen-bond acceptors (Lipinski definition) is 4.